The highest BCUT2D eigenvalue weighted by molar-refractivity contribution is 5.89. The topological polar surface area (TPSA) is 163 Å². The van der Waals surface area contributed by atoms with Crippen molar-refractivity contribution in [1.82, 2.24) is 25.9 Å². The third kappa shape index (κ3) is 8.12. The minimum atomic E-state index is -1.22. The highest BCUT2D eigenvalue weighted by atomic mass is 16.5. The summed E-state index contributed by atoms with van der Waals surface area (Å²) in [5.41, 5.74) is 1.34. The quantitative estimate of drug-likeness (QED) is 0.359. The monoisotopic (exact) mass is 403 g/mol. The molecule has 1 atom stereocenters. The number of aromatic amines is 1. The Morgan fingerprint density at radius 2 is 1.79 bits per heavy atom. The minimum absolute atomic E-state index is 0.0177. The summed E-state index contributed by atoms with van der Waals surface area (Å²) in [6, 6.07) is 7.84. The first-order valence-electron chi connectivity index (χ1n) is 8.64. The second-order valence-corrected chi connectivity index (χ2v) is 5.93. The zero-order valence-electron chi connectivity index (χ0n) is 15.4. The number of nitrogens with zero attached hydrogens (tertiary/aromatic N) is 1. The van der Waals surface area contributed by atoms with Crippen LogP contribution in [0.5, 0.6) is 0 Å². The van der Waals surface area contributed by atoms with Crippen LogP contribution >= 0.6 is 0 Å². The van der Waals surface area contributed by atoms with Gasteiger partial charge in [-0.2, -0.15) is 0 Å². The van der Waals surface area contributed by atoms with Gasteiger partial charge in [0.1, 0.15) is 19.2 Å². The molecule has 1 aromatic carbocycles. The number of benzene rings is 1. The Balaban J connectivity index is 1.64. The molecule has 0 saturated carbocycles. The van der Waals surface area contributed by atoms with E-state index in [-0.39, 0.29) is 13.0 Å². The molecule has 0 bridgehead atoms. The molecule has 2 rings (SSSR count). The number of nitrogens with one attached hydrogen (secondary N) is 4. The summed E-state index contributed by atoms with van der Waals surface area (Å²) >= 11 is 0. The number of carboxylic acids is 1. The van der Waals surface area contributed by atoms with E-state index in [0.717, 1.165) is 5.56 Å². The Bertz CT molecular complexity index is 825. The lowest BCUT2D eigenvalue weighted by Crippen LogP contribution is -2.47. The van der Waals surface area contributed by atoms with Crippen molar-refractivity contribution in [2.75, 3.05) is 13.1 Å². The second kappa shape index (κ2) is 11.1. The lowest BCUT2D eigenvalue weighted by molar-refractivity contribution is -0.141. The van der Waals surface area contributed by atoms with Crippen molar-refractivity contribution < 1.29 is 29.0 Å². The van der Waals surface area contributed by atoms with Crippen LogP contribution in [-0.2, 0) is 32.1 Å². The van der Waals surface area contributed by atoms with Crippen LogP contribution in [0.4, 0.5) is 4.79 Å². The fourth-order valence-corrected chi connectivity index (χ4v) is 2.23. The van der Waals surface area contributed by atoms with E-state index in [9.17, 15) is 24.3 Å². The van der Waals surface area contributed by atoms with Crippen molar-refractivity contribution in [3.05, 3.63) is 54.1 Å². The summed E-state index contributed by atoms with van der Waals surface area (Å²) in [6.07, 6.45) is 2.09. The molecule has 29 heavy (non-hydrogen) atoms. The van der Waals surface area contributed by atoms with Crippen molar-refractivity contribution in [3.8, 4) is 0 Å². The molecule has 11 heteroatoms. The predicted octanol–water partition coefficient (Wildman–Crippen LogP) is -0.436. The smallest absolute Gasteiger partial charge is 0.407 e. The van der Waals surface area contributed by atoms with E-state index in [2.05, 4.69) is 25.9 Å². The van der Waals surface area contributed by atoms with Gasteiger partial charge in [0, 0.05) is 18.3 Å². The van der Waals surface area contributed by atoms with Gasteiger partial charge in [0.05, 0.1) is 12.9 Å². The number of amides is 3. The zero-order chi connectivity index (χ0) is 21.1. The average Bonchev–Trinajstić information content (AvgIpc) is 3.22. The van der Waals surface area contributed by atoms with E-state index in [1.807, 2.05) is 6.07 Å². The Hall–Kier alpha value is -3.89. The molecule has 1 heterocycles. The summed E-state index contributed by atoms with van der Waals surface area (Å²) in [4.78, 5) is 52.9. The summed E-state index contributed by atoms with van der Waals surface area (Å²) in [5.74, 6) is -2.53. The summed E-state index contributed by atoms with van der Waals surface area (Å²) in [7, 11) is 0. The third-order valence-electron chi connectivity index (χ3n) is 3.66. The van der Waals surface area contributed by atoms with Crippen molar-refractivity contribution in [1.29, 1.82) is 0 Å². The molecule has 0 aliphatic carbocycles. The molecule has 154 valence electrons. The van der Waals surface area contributed by atoms with Crippen LogP contribution in [0, 0.1) is 0 Å². The van der Waals surface area contributed by atoms with Crippen LogP contribution in [0.25, 0.3) is 0 Å². The number of carbonyl (C=O) groups excluding carboxylic acids is 3. The third-order valence-corrected chi connectivity index (χ3v) is 3.66. The van der Waals surface area contributed by atoms with Gasteiger partial charge in [-0.15, -0.1) is 0 Å². The molecular weight excluding hydrogens is 382 g/mol. The van der Waals surface area contributed by atoms with Crippen LogP contribution in [0.3, 0.4) is 0 Å². The van der Waals surface area contributed by atoms with Gasteiger partial charge < -0.3 is 30.8 Å². The standard InChI is InChI=1S/C18H21N5O6/c24-15(8-21-18(28)29-10-12-4-2-1-3-5-12)20-9-16(25)23-14(17(26)27)6-13-7-19-11-22-13/h1-5,7,11,14H,6,8-10H2,(H,19,22)(H,20,24)(H,21,28)(H,23,25)(H,26,27)/t14-/m1/s1. The van der Waals surface area contributed by atoms with E-state index in [4.69, 9.17) is 4.74 Å². The summed E-state index contributed by atoms with van der Waals surface area (Å²) in [5, 5.41) is 16.0. The molecule has 0 aliphatic heterocycles. The van der Waals surface area contributed by atoms with Crippen molar-refractivity contribution in [2.45, 2.75) is 19.1 Å². The number of aromatic nitrogens is 2. The number of carbonyl (C=O) groups is 4. The van der Waals surface area contributed by atoms with E-state index < -0.39 is 43.0 Å². The van der Waals surface area contributed by atoms with Crippen molar-refractivity contribution >= 4 is 23.9 Å². The molecule has 11 nitrogen and oxygen atoms in total. The van der Waals surface area contributed by atoms with Gasteiger partial charge in [0.2, 0.25) is 11.8 Å². The molecule has 0 fully saturated rings. The van der Waals surface area contributed by atoms with Crippen molar-refractivity contribution in [3.63, 3.8) is 0 Å². The van der Waals surface area contributed by atoms with Gasteiger partial charge in [-0.25, -0.2) is 14.6 Å². The zero-order valence-corrected chi connectivity index (χ0v) is 15.4. The van der Waals surface area contributed by atoms with E-state index in [1.54, 1.807) is 24.3 Å². The molecule has 2 aromatic rings. The highest BCUT2D eigenvalue weighted by Gasteiger charge is 2.21. The highest BCUT2D eigenvalue weighted by Crippen LogP contribution is 2.00. The van der Waals surface area contributed by atoms with Crippen LogP contribution in [-0.4, -0.2) is 58.1 Å². The number of alkyl carbamates (subject to hydrolysis) is 1. The molecule has 0 radical (unpaired) electrons. The van der Waals surface area contributed by atoms with Gasteiger partial charge in [0.15, 0.2) is 0 Å². The second-order valence-electron chi connectivity index (χ2n) is 5.93. The van der Waals surface area contributed by atoms with E-state index >= 15 is 0 Å². The first-order valence-corrected chi connectivity index (χ1v) is 8.64. The average molecular weight is 403 g/mol. The number of H-pyrrole nitrogens is 1. The van der Waals surface area contributed by atoms with Gasteiger partial charge in [0.25, 0.3) is 0 Å². The number of aliphatic carboxylic acids is 1. The Labute approximate surface area is 165 Å². The molecular formula is C18H21N5O6. The number of imidazole rings is 1. The van der Waals surface area contributed by atoms with Crippen LogP contribution in [0.15, 0.2) is 42.9 Å². The molecule has 5 N–H and O–H groups in total. The van der Waals surface area contributed by atoms with E-state index in [1.165, 1.54) is 12.5 Å². The predicted molar refractivity (Wildman–Crippen MR) is 99.5 cm³/mol. The number of hydrogen-bond acceptors (Lipinski definition) is 6. The Kier molecular flexibility index (Phi) is 8.17. The first-order chi connectivity index (χ1) is 13.9. The summed E-state index contributed by atoms with van der Waals surface area (Å²) in [6.45, 7) is -0.770. The van der Waals surface area contributed by atoms with Gasteiger partial charge >= 0.3 is 12.1 Å². The van der Waals surface area contributed by atoms with Crippen molar-refractivity contribution in [2.24, 2.45) is 0 Å². The van der Waals surface area contributed by atoms with Gasteiger partial charge in [-0.1, -0.05) is 30.3 Å². The number of carboxylic acid groups (broad SMARTS) is 1. The molecule has 3 amide bonds. The molecule has 0 aliphatic rings. The first kappa shape index (κ1) is 21.4. The van der Waals surface area contributed by atoms with Gasteiger partial charge in [-0.05, 0) is 5.56 Å². The van der Waals surface area contributed by atoms with Crippen LogP contribution < -0.4 is 16.0 Å². The Morgan fingerprint density at radius 3 is 2.45 bits per heavy atom. The molecule has 0 spiro atoms. The fraction of sp³-hybridized carbons (Fsp3) is 0.278. The molecule has 0 saturated heterocycles. The van der Waals surface area contributed by atoms with Gasteiger partial charge in [-0.3, -0.25) is 9.59 Å². The number of ether oxygens (including phenoxy) is 1. The SMILES string of the molecule is O=C(CNC(=O)OCc1ccccc1)NCC(=O)N[C@H](Cc1cnc[nH]1)C(=O)O. The van der Waals surface area contributed by atoms with Crippen LogP contribution in [0.2, 0.25) is 0 Å². The van der Waals surface area contributed by atoms with E-state index in [0.29, 0.717) is 5.69 Å². The maximum Gasteiger partial charge on any atom is 0.407 e. The maximum atomic E-state index is 11.9. The number of rotatable bonds is 10. The largest absolute Gasteiger partial charge is 0.480 e. The maximum absolute atomic E-state index is 11.9. The normalized spacial score (nSPS) is 11.2. The number of hydrogen-bond donors (Lipinski definition) is 5. The molecule has 1 aromatic heterocycles. The Morgan fingerprint density at radius 1 is 1.07 bits per heavy atom. The molecule has 0 unspecified atom stereocenters. The van der Waals surface area contributed by atoms with Crippen LogP contribution in [0.1, 0.15) is 11.3 Å². The lowest BCUT2D eigenvalue weighted by atomic mass is 10.1. The summed E-state index contributed by atoms with van der Waals surface area (Å²) < 4.78 is 4.95. The lowest BCUT2D eigenvalue weighted by Gasteiger charge is -2.14. The fourth-order valence-electron chi connectivity index (χ4n) is 2.23. The minimum Gasteiger partial charge on any atom is -0.480 e.